The van der Waals surface area contributed by atoms with E-state index in [2.05, 4.69) is 10.5 Å². The number of likely N-dealkylation sites (tertiary alicyclic amines) is 1. The number of piperidine rings is 1. The monoisotopic (exact) mass is 432 g/mol. The second-order valence-electron chi connectivity index (χ2n) is 9.35. The summed E-state index contributed by atoms with van der Waals surface area (Å²) in [6, 6.07) is 1.39. The van der Waals surface area contributed by atoms with E-state index in [-0.39, 0.29) is 41.9 Å². The maximum atomic E-state index is 13.1. The van der Waals surface area contributed by atoms with Crippen LogP contribution in [0.5, 0.6) is 0 Å². The third kappa shape index (κ3) is 4.76. The largest absolute Gasteiger partial charge is 0.469 e. The van der Waals surface area contributed by atoms with E-state index in [9.17, 15) is 14.4 Å². The summed E-state index contributed by atoms with van der Waals surface area (Å²) in [6.07, 6.45) is 5.36. The van der Waals surface area contributed by atoms with Crippen molar-refractivity contribution in [2.75, 3.05) is 20.2 Å². The molecule has 9 nitrogen and oxygen atoms in total. The lowest BCUT2D eigenvalue weighted by atomic mass is 9.81. The van der Waals surface area contributed by atoms with Crippen LogP contribution in [0.4, 0.5) is 0 Å². The summed E-state index contributed by atoms with van der Waals surface area (Å²) in [6.45, 7) is 2.65. The number of carbonyl (C=O) groups is 3. The Kier molecular flexibility index (Phi) is 6.31. The predicted octanol–water partition coefficient (Wildman–Crippen LogP) is 1.44. The lowest BCUT2D eigenvalue weighted by Gasteiger charge is -2.43. The molecule has 31 heavy (non-hydrogen) atoms. The molecule has 0 radical (unpaired) electrons. The van der Waals surface area contributed by atoms with Gasteiger partial charge >= 0.3 is 5.97 Å². The molecule has 0 bridgehead atoms. The van der Waals surface area contributed by atoms with Gasteiger partial charge in [0.15, 0.2) is 5.69 Å². The highest BCUT2D eigenvalue weighted by Crippen LogP contribution is 2.40. The van der Waals surface area contributed by atoms with Crippen molar-refractivity contribution in [2.24, 2.45) is 23.5 Å². The minimum absolute atomic E-state index is 0.0487. The van der Waals surface area contributed by atoms with Gasteiger partial charge in [0.1, 0.15) is 5.76 Å². The number of hydrogen-bond donors (Lipinski definition) is 2. The number of nitrogens with zero attached hydrogens (tertiary/aromatic N) is 2. The molecule has 2 amide bonds. The highest BCUT2D eigenvalue weighted by molar-refractivity contribution is 5.93. The van der Waals surface area contributed by atoms with Crippen LogP contribution >= 0.6 is 0 Å². The first kappa shape index (κ1) is 21.8. The Morgan fingerprint density at radius 2 is 1.87 bits per heavy atom. The Morgan fingerprint density at radius 3 is 2.52 bits per heavy atom. The van der Waals surface area contributed by atoms with E-state index in [0.29, 0.717) is 12.5 Å². The number of carbonyl (C=O) groups excluding carboxylic acids is 3. The molecule has 1 aliphatic heterocycles. The molecule has 3 N–H and O–H groups in total. The van der Waals surface area contributed by atoms with Crippen LogP contribution in [0.3, 0.4) is 0 Å². The van der Waals surface area contributed by atoms with Crippen LogP contribution in [0.15, 0.2) is 10.6 Å². The van der Waals surface area contributed by atoms with Crippen molar-refractivity contribution in [1.82, 2.24) is 15.4 Å². The molecule has 3 atom stereocenters. The van der Waals surface area contributed by atoms with Crippen molar-refractivity contribution < 1.29 is 23.6 Å². The lowest BCUT2D eigenvalue weighted by Crippen LogP contribution is -2.60. The number of rotatable bonds is 5. The van der Waals surface area contributed by atoms with Crippen LogP contribution in [0, 0.1) is 17.8 Å². The first-order chi connectivity index (χ1) is 14.9. The van der Waals surface area contributed by atoms with Crippen molar-refractivity contribution >= 4 is 17.8 Å². The standard InChI is InChI=1S/C22H32N4O5/c1-12-10-26(21(28)14-5-7-15(23)8-6-14)11-16(22(29)30-2)19(12)24-20(27)17-9-18(31-25-17)13-3-4-13/h9,12-16,19H,3-8,10-11,23H2,1-2H3,(H,24,27). The van der Waals surface area contributed by atoms with E-state index < -0.39 is 17.9 Å². The third-order valence-corrected chi connectivity index (χ3v) is 6.95. The molecule has 170 valence electrons. The number of aromatic nitrogens is 1. The molecule has 3 unspecified atom stereocenters. The number of esters is 1. The Balaban J connectivity index is 1.44. The Hall–Kier alpha value is -2.42. The molecular formula is C22H32N4O5. The van der Waals surface area contributed by atoms with Gasteiger partial charge in [-0.1, -0.05) is 12.1 Å². The molecule has 1 saturated heterocycles. The van der Waals surface area contributed by atoms with Gasteiger partial charge in [0.05, 0.1) is 13.0 Å². The summed E-state index contributed by atoms with van der Waals surface area (Å²) < 4.78 is 10.3. The lowest BCUT2D eigenvalue weighted by molar-refractivity contribution is -0.152. The molecule has 9 heteroatoms. The second kappa shape index (κ2) is 8.98. The maximum absolute atomic E-state index is 13.1. The van der Waals surface area contributed by atoms with Gasteiger partial charge in [0.2, 0.25) is 5.91 Å². The van der Waals surface area contributed by atoms with Crippen molar-refractivity contribution in [3.63, 3.8) is 0 Å². The van der Waals surface area contributed by atoms with E-state index in [4.69, 9.17) is 15.0 Å². The van der Waals surface area contributed by atoms with Gasteiger partial charge in [-0.2, -0.15) is 0 Å². The third-order valence-electron chi connectivity index (χ3n) is 6.95. The van der Waals surface area contributed by atoms with Gasteiger partial charge in [0.25, 0.3) is 5.91 Å². The zero-order valence-corrected chi connectivity index (χ0v) is 18.2. The zero-order valence-electron chi connectivity index (χ0n) is 18.2. The fourth-order valence-electron chi connectivity index (χ4n) is 4.88. The molecule has 2 aliphatic carbocycles. The number of nitrogens with two attached hydrogens (primary N) is 1. The van der Waals surface area contributed by atoms with Crippen LogP contribution in [-0.4, -0.2) is 60.1 Å². The van der Waals surface area contributed by atoms with Crippen LogP contribution in [0.25, 0.3) is 0 Å². The van der Waals surface area contributed by atoms with E-state index >= 15 is 0 Å². The van der Waals surface area contributed by atoms with E-state index in [0.717, 1.165) is 44.3 Å². The van der Waals surface area contributed by atoms with Crippen LogP contribution in [-0.2, 0) is 14.3 Å². The summed E-state index contributed by atoms with van der Waals surface area (Å²) in [5.41, 5.74) is 6.19. The SMILES string of the molecule is COC(=O)C1CN(C(=O)C2CCC(N)CC2)CC(C)C1NC(=O)c1cc(C2CC2)on1. The fourth-order valence-corrected chi connectivity index (χ4v) is 4.88. The van der Waals surface area contributed by atoms with Crippen LogP contribution < -0.4 is 11.1 Å². The minimum Gasteiger partial charge on any atom is -0.469 e. The number of nitrogens with one attached hydrogen (secondary N) is 1. The molecule has 1 aromatic rings. The molecule has 1 aromatic heterocycles. The molecule has 2 heterocycles. The highest BCUT2D eigenvalue weighted by atomic mass is 16.5. The van der Waals surface area contributed by atoms with Crippen LogP contribution in [0.2, 0.25) is 0 Å². The van der Waals surface area contributed by atoms with Crippen molar-refractivity contribution in [2.45, 2.75) is 63.5 Å². The molecule has 0 spiro atoms. The van der Waals surface area contributed by atoms with Crippen molar-refractivity contribution in [3.05, 3.63) is 17.5 Å². The highest BCUT2D eigenvalue weighted by Gasteiger charge is 2.43. The van der Waals surface area contributed by atoms with Gasteiger partial charge in [-0.15, -0.1) is 0 Å². The number of hydrogen-bond acceptors (Lipinski definition) is 7. The molecule has 2 saturated carbocycles. The number of amides is 2. The van der Waals surface area contributed by atoms with Crippen LogP contribution in [0.1, 0.15) is 67.6 Å². The summed E-state index contributed by atoms with van der Waals surface area (Å²) >= 11 is 0. The summed E-state index contributed by atoms with van der Waals surface area (Å²) in [4.78, 5) is 40.2. The van der Waals surface area contributed by atoms with E-state index in [1.54, 1.807) is 11.0 Å². The normalized spacial score (nSPS) is 31.2. The summed E-state index contributed by atoms with van der Waals surface area (Å²) in [5.74, 6) is -0.444. The average molecular weight is 433 g/mol. The first-order valence-corrected chi connectivity index (χ1v) is 11.3. The molecular weight excluding hydrogens is 400 g/mol. The predicted molar refractivity (Wildman–Crippen MR) is 111 cm³/mol. The fraction of sp³-hybridized carbons (Fsp3) is 0.727. The van der Waals surface area contributed by atoms with Crippen molar-refractivity contribution in [1.29, 1.82) is 0 Å². The van der Waals surface area contributed by atoms with Gasteiger partial charge in [-0.3, -0.25) is 14.4 Å². The molecule has 0 aromatic carbocycles. The summed E-state index contributed by atoms with van der Waals surface area (Å²) in [5, 5.41) is 6.84. The van der Waals surface area contributed by atoms with Gasteiger partial charge in [-0.25, -0.2) is 0 Å². The van der Waals surface area contributed by atoms with E-state index in [1.807, 2.05) is 6.92 Å². The smallest absolute Gasteiger partial charge is 0.312 e. The van der Waals surface area contributed by atoms with Crippen molar-refractivity contribution in [3.8, 4) is 0 Å². The molecule has 4 rings (SSSR count). The number of methoxy groups -OCH3 is 1. The Bertz CT molecular complexity index is 828. The zero-order chi connectivity index (χ0) is 22.1. The topological polar surface area (TPSA) is 128 Å². The first-order valence-electron chi connectivity index (χ1n) is 11.3. The minimum atomic E-state index is -0.637. The summed E-state index contributed by atoms with van der Waals surface area (Å²) in [7, 11) is 1.33. The molecule has 3 fully saturated rings. The van der Waals surface area contributed by atoms with E-state index in [1.165, 1.54) is 7.11 Å². The van der Waals surface area contributed by atoms with Gasteiger partial charge < -0.3 is 25.2 Å². The Labute approximate surface area is 182 Å². The maximum Gasteiger partial charge on any atom is 0.312 e. The quantitative estimate of drug-likeness (QED) is 0.674. The van der Waals surface area contributed by atoms with Gasteiger partial charge in [0, 0.05) is 43.1 Å². The second-order valence-corrected chi connectivity index (χ2v) is 9.35. The molecule has 3 aliphatic rings. The Morgan fingerprint density at radius 1 is 1.16 bits per heavy atom. The van der Waals surface area contributed by atoms with Gasteiger partial charge in [-0.05, 0) is 44.4 Å². The number of ether oxygens (including phenoxy) is 1. The average Bonchev–Trinajstić information content (AvgIpc) is 3.50.